The molecule has 6 rings (SSSR count). The molecule has 0 N–H and O–H groups in total. The zero-order valence-electron chi connectivity index (χ0n) is 17.2. The molecule has 2 aliphatic rings. The Kier molecular flexibility index (Phi) is 3.17. The molecule has 2 aliphatic carbocycles. The third-order valence-corrected chi connectivity index (χ3v) is 7.57. The third kappa shape index (κ3) is 2.01. The van der Waals surface area contributed by atoms with Crippen molar-refractivity contribution in [3.05, 3.63) is 94.0 Å². The predicted molar refractivity (Wildman–Crippen MR) is 124 cm³/mol. The molecule has 0 unspecified atom stereocenters. The average Bonchev–Trinajstić information content (AvgIpc) is 3.07. The van der Waals surface area contributed by atoms with Gasteiger partial charge in [0.15, 0.2) is 0 Å². The lowest BCUT2D eigenvalue weighted by molar-refractivity contribution is 0.648. The second kappa shape index (κ2) is 5.32. The minimum Gasteiger partial charge on any atom is -0.0836 e. The standard InChI is InChI=1S/C28H23Cl/c1-27(2)21-14-17-10-6-5-9-16(17)13-19(21)24-22(27)15-23(29)25-18-11-7-8-12-20(18)28(3,4)26(24)25/h5-15H,1-4H3. The van der Waals surface area contributed by atoms with Crippen LogP contribution in [0.25, 0.3) is 33.0 Å². The number of hydrogen-bond donors (Lipinski definition) is 0. The second-order valence-electron chi connectivity index (χ2n) is 9.57. The summed E-state index contributed by atoms with van der Waals surface area (Å²) in [5, 5.41) is 3.48. The van der Waals surface area contributed by atoms with E-state index >= 15 is 0 Å². The topological polar surface area (TPSA) is 0 Å². The summed E-state index contributed by atoms with van der Waals surface area (Å²) in [5.41, 5.74) is 10.7. The molecule has 0 aromatic heterocycles. The van der Waals surface area contributed by atoms with Gasteiger partial charge in [-0.2, -0.15) is 0 Å². The van der Waals surface area contributed by atoms with Crippen molar-refractivity contribution in [3.8, 4) is 22.3 Å². The van der Waals surface area contributed by atoms with Gasteiger partial charge in [0.25, 0.3) is 0 Å². The van der Waals surface area contributed by atoms with Gasteiger partial charge in [0.2, 0.25) is 0 Å². The summed E-state index contributed by atoms with van der Waals surface area (Å²) >= 11 is 6.98. The molecule has 0 saturated heterocycles. The van der Waals surface area contributed by atoms with Gasteiger partial charge in [0.1, 0.15) is 0 Å². The Morgan fingerprint density at radius 3 is 2.00 bits per heavy atom. The molecular formula is C28H23Cl. The maximum Gasteiger partial charge on any atom is 0.0491 e. The summed E-state index contributed by atoms with van der Waals surface area (Å²) in [4.78, 5) is 0. The van der Waals surface area contributed by atoms with E-state index in [0.29, 0.717) is 0 Å². The Morgan fingerprint density at radius 2 is 1.24 bits per heavy atom. The van der Waals surface area contributed by atoms with Crippen LogP contribution in [0.2, 0.25) is 5.02 Å². The van der Waals surface area contributed by atoms with E-state index in [2.05, 4.69) is 94.4 Å². The molecule has 0 atom stereocenters. The van der Waals surface area contributed by atoms with Crippen LogP contribution in [0, 0.1) is 0 Å². The number of benzene rings is 4. The molecule has 0 aliphatic heterocycles. The highest BCUT2D eigenvalue weighted by molar-refractivity contribution is 6.34. The van der Waals surface area contributed by atoms with Gasteiger partial charge in [-0.3, -0.25) is 0 Å². The maximum atomic E-state index is 6.98. The van der Waals surface area contributed by atoms with Crippen LogP contribution in [-0.4, -0.2) is 0 Å². The van der Waals surface area contributed by atoms with Crippen molar-refractivity contribution in [2.45, 2.75) is 38.5 Å². The van der Waals surface area contributed by atoms with Crippen molar-refractivity contribution in [1.82, 2.24) is 0 Å². The summed E-state index contributed by atoms with van der Waals surface area (Å²) in [6.07, 6.45) is 0. The molecule has 0 fully saturated rings. The SMILES string of the molecule is CC1(C)c2cc3ccccc3cc2-c2c1cc(Cl)c1c2C(C)(C)c2ccccc2-1. The Morgan fingerprint density at radius 1 is 0.586 bits per heavy atom. The Balaban J connectivity index is 1.80. The van der Waals surface area contributed by atoms with Crippen LogP contribution in [0.1, 0.15) is 49.9 Å². The lowest BCUT2D eigenvalue weighted by Gasteiger charge is -2.26. The lowest BCUT2D eigenvalue weighted by atomic mass is 9.77. The Labute approximate surface area is 177 Å². The fraction of sp³-hybridized carbons (Fsp3) is 0.214. The van der Waals surface area contributed by atoms with Crippen LogP contribution in [0.4, 0.5) is 0 Å². The zero-order chi connectivity index (χ0) is 20.1. The summed E-state index contributed by atoms with van der Waals surface area (Å²) in [6, 6.07) is 24.5. The predicted octanol–water partition coefficient (Wildman–Crippen LogP) is 8.11. The van der Waals surface area contributed by atoms with Gasteiger partial charge >= 0.3 is 0 Å². The van der Waals surface area contributed by atoms with Crippen molar-refractivity contribution in [1.29, 1.82) is 0 Å². The largest absolute Gasteiger partial charge is 0.0836 e. The number of rotatable bonds is 0. The molecule has 0 bridgehead atoms. The first-order chi connectivity index (χ1) is 13.8. The second-order valence-corrected chi connectivity index (χ2v) is 9.98. The van der Waals surface area contributed by atoms with Gasteiger partial charge in [-0.1, -0.05) is 87.8 Å². The molecule has 29 heavy (non-hydrogen) atoms. The Bertz CT molecular complexity index is 1350. The van der Waals surface area contributed by atoms with Crippen LogP contribution in [0.15, 0.2) is 66.7 Å². The Hall–Kier alpha value is -2.57. The molecule has 1 heteroatoms. The van der Waals surface area contributed by atoms with Gasteiger partial charge in [0.05, 0.1) is 0 Å². The quantitative estimate of drug-likeness (QED) is 0.282. The summed E-state index contributed by atoms with van der Waals surface area (Å²) in [5.74, 6) is 0. The van der Waals surface area contributed by atoms with Gasteiger partial charge in [0, 0.05) is 21.4 Å². The van der Waals surface area contributed by atoms with Crippen LogP contribution in [0.5, 0.6) is 0 Å². The molecule has 0 heterocycles. The smallest absolute Gasteiger partial charge is 0.0491 e. The monoisotopic (exact) mass is 394 g/mol. The van der Waals surface area contributed by atoms with E-state index in [0.717, 1.165) is 5.02 Å². The summed E-state index contributed by atoms with van der Waals surface area (Å²) in [6.45, 7) is 9.37. The van der Waals surface area contributed by atoms with E-state index in [1.165, 1.54) is 55.3 Å². The molecule has 0 nitrogen and oxygen atoms in total. The van der Waals surface area contributed by atoms with Gasteiger partial charge in [-0.05, 0) is 67.9 Å². The number of fused-ring (bicyclic) bond motifs is 8. The van der Waals surface area contributed by atoms with Crippen LogP contribution >= 0.6 is 11.6 Å². The van der Waals surface area contributed by atoms with Crippen LogP contribution in [0.3, 0.4) is 0 Å². The minimum absolute atomic E-state index is 0.0712. The first kappa shape index (κ1) is 17.3. The van der Waals surface area contributed by atoms with Crippen LogP contribution < -0.4 is 0 Å². The van der Waals surface area contributed by atoms with E-state index in [4.69, 9.17) is 11.6 Å². The van der Waals surface area contributed by atoms with Gasteiger partial charge in [-0.15, -0.1) is 0 Å². The van der Waals surface area contributed by atoms with Gasteiger partial charge in [-0.25, -0.2) is 0 Å². The molecular weight excluding hydrogens is 372 g/mol. The first-order valence-corrected chi connectivity index (χ1v) is 10.7. The number of hydrogen-bond acceptors (Lipinski definition) is 0. The first-order valence-electron chi connectivity index (χ1n) is 10.3. The van der Waals surface area contributed by atoms with Crippen molar-refractivity contribution >= 4 is 22.4 Å². The fourth-order valence-corrected chi connectivity index (χ4v) is 6.11. The van der Waals surface area contributed by atoms with Gasteiger partial charge < -0.3 is 0 Å². The van der Waals surface area contributed by atoms with E-state index in [-0.39, 0.29) is 10.8 Å². The highest BCUT2D eigenvalue weighted by Crippen LogP contribution is 2.61. The van der Waals surface area contributed by atoms with Crippen molar-refractivity contribution in [2.75, 3.05) is 0 Å². The number of halogens is 1. The summed E-state index contributed by atoms with van der Waals surface area (Å²) in [7, 11) is 0. The van der Waals surface area contributed by atoms with E-state index in [9.17, 15) is 0 Å². The molecule has 4 aromatic rings. The van der Waals surface area contributed by atoms with Crippen molar-refractivity contribution in [3.63, 3.8) is 0 Å². The minimum atomic E-state index is -0.0791. The summed E-state index contributed by atoms with van der Waals surface area (Å²) < 4.78 is 0. The van der Waals surface area contributed by atoms with E-state index in [1.807, 2.05) is 0 Å². The highest BCUT2D eigenvalue weighted by Gasteiger charge is 2.45. The average molecular weight is 395 g/mol. The molecule has 0 spiro atoms. The molecule has 0 amide bonds. The van der Waals surface area contributed by atoms with E-state index in [1.54, 1.807) is 0 Å². The molecule has 142 valence electrons. The third-order valence-electron chi connectivity index (χ3n) is 7.28. The lowest BCUT2D eigenvalue weighted by Crippen LogP contribution is -2.18. The van der Waals surface area contributed by atoms with Crippen LogP contribution in [-0.2, 0) is 10.8 Å². The molecule has 0 saturated carbocycles. The zero-order valence-corrected chi connectivity index (χ0v) is 18.0. The maximum absolute atomic E-state index is 6.98. The van der Waals surface area contributed by atoms with Crippen molar-refractivity contribution < 1.29 is 0 Å². The normalized spacial score (nSPS) is 17.0. The molecule has 4 aromatic carbocycles. The molecule has 0 radical (unpaired) electrons. The van der Waals surface area contributed by atoms with E-state index < -0.39 is 0 Å². The van der Waals surface area contributed by atoms with Crippen molar-refractivity contribution in [2.24, 2.45) is 0 Å². The fourth-order valence-electron chi connectivity index (χ4n) is 5.80. The highest BCUT2D eigenvalue weighted by atomic mass is 35.5.